The van der Waals surface area contributed by atoms with Gasteiger partial charge in [-0.3, -0.25) is 0 Å². The Labute approximate surface area is 126 Å². The van der Waals surface area contributed by atoms with Gasteiger partial charge < -0.3 is 5.32 Å². The van der Waals surface area contributed by atoms with E-state index in [0.717, 1.165) is 24.9 Å². The molecule has 0 saturated carbocycles. The maximum atomic E-state index is 13.3. The molecular formula is C19H22FN. The van der Waals surface area contributed by atoms with Gasteiger partial charge in [0.2, 0.25) is 0 Å². The Morgan fingerprint density at radius 2 is 2.05 bits per heavy atom. The second kappa shape index (κ2) is 5.98. The number of nitrogens with one attached hydrogen (secondary N) is 1. The Hall–Kier alpha value is -1.67. The summed E-state index contributed by atoms with van der Waals surface area (Å²) in [6.45, 7) is 5.05. The van der Waals surface area contributed by atoms with Crippen molar-refractivity contribution in [1.29, 1.82) is 0 Å². The average Bonchev–Trinajstić information content (AvgIpc) is 2.44. The van der Waals surface area contributed by atoms with Crippen LogP contribution < -0.4 is 5.32 Å². The normalized spacial score (nSPS) is 18.0. The van der Waals surface area contributed by atoms with Crippen LogP contribution in [0.2, 0.25) is 0 Å². The number of fused-ring (bicyclic) bond motifs is 1. The fourth-order valence-corrected chi connectivity index (χ4v) is 3.45. The summed E-state index contributed by atoms with van der Waals surface area (Å²) < 4.78 is 13.3. The molecule has 0 aliphatic heterocycles. The predicted molar refractivity (Wildman–Crippen MR) is 85.1 cm³/mol. The minimum absolute atomic E-state index is 0.152. The summed E-state index contributed by atoms with van der Waals surface area (Å²) in [6, 6.07) is 14.1. The van der Waals surface area contributed by atoms with Crippen LogP contribution in [0, 0.1) is 12.7 Å². The highest BCUT2D eigenvalue weighted by Crippen LogP contribution is 2.41. The fraction of sp³-hybridized carbons (Fsp3) is 0.368. The van der Waals surface area contributed by atoms with Gasteiger partial charge >= 0.3 is 0 Å². The number of benzene rings is 2. The van der Waals surface area contributed by atoms with E-state index in [1.807, 2.05) is 13.0 Å². The number of hydrogen-bond donors (Lipinski definition) is 1. The molecule has 110 valence electrons. The van der Waals surface area contributed by atoms with E-state index in [9.17, 15) is 4.39 Å². The Balaban J connectivity index is 1.80. The maximum absolute atomic E-state index is 13.3. The molecule has 2 unspecified atom stereocenters. The van der Waals surface area contributed by atoms with Gasteiger partial charge in [-0.2, -0.15) is 0 Å². The topological polar surface area (TPSA) is 12.0 Å². The third-order valence-corrected chi connectivity index (χ3v) is 4.54. The average molecular weight is 283 g/mol. The first-order valence-electron chi connectivity index (χ1n) is 7.76. The lowest BCUT2D eigenvalue weighted by molar-refractivity contribution is 0.434. The van der Waals surface area contributed by atoms with Crippen LogP contribution in [-0.2, 0) is 6.42 Å². The van der Waals surface area contributed by atoms with Crippen molar-refractivity contribution in [1.82, 2.24) is 5.32 Å². The second-order valence-electron chi connectivity index (χ2n) is 5.95. The molecule has 1 aliphatic carbocycles. The Bertz CT molecular complexity index is 635. The summed E-state index contributed by atoms with van der Waals surface area (Å²) in [4.78, 5) is 0. The van der Waals surface area contributed by atoms with E-state index in [1.165, 1.54) is 16.7 Å². The minimum Gasteiger partial charge on any atom is -0.310 e. The Morgan fingerprint density at radius 1 is 1.24 bits per heavy atom. The molecule has 0 heterocycles. The van der Waals surface area contributed by atoms with Gasteiger partial charge in [-0.1, -0.05) is 37.3 Å². The molecule has 1 aliphatic rings. The fourth-order valence-electron chi connectivity index (χ4n) is 3.45. The molecule has 2 aromatic rings. The van der Waals surface area contributed by atoms with E-state index in [4.69, 9.17) is 0 Å². The predicted octanol–water partition coefficient (Wildman–Crippen LogP) is 4.51. The highest BCUT2D eigenvalue weighted by molar-refractivity contribution is 5.40. The summed E-state index contributed by atoms with van der Waals surface area (Å²) in [6.07, 6.45) is 2.25. The number of hydrogen-bond acceptors (Lipinski definition) is 1. The molecular weight excluding hydrogens is 261 g/mol. The summed E-state index contributed by atoms with van der Waals surface area (Å²) >= 11 is 0. The largest absolute Gasteiger partial charge is 0.310 e. The molecule has 0 fully saturated rings. The Kier molecular flexibility index (Phi) is 4.07. The zero-order valence-corrected chi connectivity index (χ0v) is 12.7. The van der Waals surface area contributed by atoms with Gasteiger partial charge in [-0.05, 0) is 66.6 Å². The molecule has 0 saturated heterocycles. The zero-order valence-electron chi connectivity index (χ0n) is 12.7. The zero-order chi connectivity index (χ0) is 14.8. The second-order valence-corrected chi connectivity index (χ2v) is 5.95. The van der Waals surface area contributed by atoms with Crippen molar-refractivity contribution < 1.29 is 4.39 Å². The molecule has 2 heteroatoms. The molecule has 0 radical (unpaired) electrons. The lowest BCUT2D eigenvalue weighted by Crippen LogP contribution is -2.27. The molecule has 1 N–H and O–H groups in total. The molecule has 0 amide bonds. The highest BCUT2D eigenvalue weighted by atomic mass is 19.1. The van der Waals surface area contributed by atoms with Crippen LogP contribution in [-0.4, -0.2) is 6.54 Å². The first kappa shape index (κ1) is 14.3. The van der Waals surface area contributed by atoms with Gasteiger partial charge in [0, 0.05) is 6.04 Å². The smallest absolute Gasteiger partial charge is 0.123 e. The summed E-state index contributed by atoms with van der Waals surface area (Å²) in [5.74, 6) is 0.468. The monoisotopic (exact) mass is 283 g/mol. The van der Waals surface area contributed by atoms with E-state index in [2.05, 4.69) is 36.5 Å². The molecule has 2 aromatic carbocycles. The van der Waals surface area contributed by atoms with Crippen molar-refractivity contribution in [2.45, 2.75) is 38.6 Å². The minimum atomic E-state index is -0.152. The van der Waals surface area contributed by atoms with Crippen LogP contribution >= 0.6 is 0 Å². The van der Waals surface area contributed by atoms with Gasteiger partial charge in [-0.15, -0.1) is 0 Å². The number of rotatable bonds is 5. The quantitative estimate of drug-likeness (QED) is 0.851. The highest BCUT2D eigenvalue weighted by Gasteiger charge is 2.28. The van der Waals surface area contributed by atoms with Crippen molar-refractivity contribution in [3.8, 4) is 0 Å². The van der Waals surface area contributed by atoms with Crippen LogP contribution in [0.25, 0.3) is 0 Å². The molecule has 3 rings (SSSR count). The summed E-state index contributed by atoms with van der Waals surface area (Å²) in [5, 5.41) is 3.57. The molecule has 0 aromatic heterocycles. The van der Waals surface area contributed by atoms with Gasteiger partial charge in [0.1, 0.15) is 5.82 Å². The van der Waals surface area contributed by atoms with Gasteiger partial charge in [-0.25, -0.2) is 4.39 Å². The summed E-state index contributed by atoms with van der Waals surface area (Å²) in [7, 11) is 0. The lowest BCUT2D eigenvalue weighted by atomic mass is 9.73. The van der Waals surface area contributed by atoms with E-state index in [0.29, 0.717) is 12.0 Å². The maximum Gasteiger partial charge on any atom is 0.123 e. The van der Waals surface area contributed by atoms with Crippen molar-refractivity contribution in [3.05, 3.63) is 70.5 Å². The third-order valence-electron chi connectivity index (χ3n) is 4.54. The van der Waals surface area contributed by atoms with E-state index in [1.54, 1.807) is 12.1 Å². The van der Waals surface area contributed by atoms with Gasteiger partial charge in [0.15, 0.2) is 0 Å². The molecule has 0 bridgehead atoms. The van der Waals surface area contributed by atoms with Crippen molar-refractivity contribution in [2.75, 3.05) is 6.54 Å². The standard InChI is InChI=1S/C19H22FN/c1-3-21-19(17-9-8-16(20)10-13(17)2)12-15-11-14-6-4-5-7-18(14)15/h4-10,15,19,21H,3,11-12H2,1-2H3. The third kappa shape index (κ3) is 2.86. The molecule has 2 atom stereocenters. The lowest BCUT2D eigenvalue weighted by Gasteiger charge is -2.34. The van der Waals surface area contributed by atoms with Crippen LogP contribution in [0.4, 0.5) is 4.39 Å². The van der Waals surface area contributed by atoms with Crippen molar-refractivity contribution >= 4 is 0 Å². The first-order valence-corrected chi connectivity index (χ1v) is 7.76. The molecule has 1 nitrogen and oxygen atoms in total. The van der Waals surface area contributed by atoms with Crippen LogP contribution in [0.1, 0.15) is 47.6 Å². The summed E-state index contributed by atoms with van der Waals surface area (Å²) in [5.41, 5.74) is 5.23. The van der Waals surface area contributed by atoms with Gasteiger partial charge in [0.25, 0.3) is 0 Å². The van der Waals surface area contributed by atoms with Gasteiger partial charge in [0.05, 0.1) is 0 Å². The molecule has 0 spiro atoms. The molecule has 21 heavy (non-hydrogen) atoms. The number of aryl methyl sites for hydroxylation is 1. The van der Waals surface area contributed by atoms with Crippen LogP contribution in [0.5, 0.6) is 0 Å². The SMILES string of the molecule is CCNC(CC1Cc2ccccc21)c1ccc(F)cc1C. The Morgan fingerprint density at radius 3 is 2.76 bits per heavy atom. The number of halogens is 1. The van der Waals surface area contributed by atoms with Crippen molar-refractivity contribution in [3.63, 3.8) is 0 Å². The van der Waals surface area contributed by atoms with Crippen molar-refractivity contribution in [2.24, 2.45) is 0 Å². The van der Waals surface area contributed by atoms with Crippen LogP contribution in [0.3, 0.4) is 0 Å². The first-order chi connectivity index (χ1) is 10.2. The van der Waals surface area contributed by atoms with E-state index in [-0.39, 0.29) is 5.82 Å². The van der Waals surface area contributed by atoms with Crippen LogP contribution in [0.15, 0.2) is 42.5 Å². The van der Waals surface area contributed by atoms with E-state index >= 15 is 0 Å². The van der Waals surface area contributed by atoms with E-state index < -0.39 is 0 Å².